The zero-order valence-corrected chi connectivity index (χ0v) is 23.5. The Morgan fingerprint density at radius 1 is 1.03 bits per heavy atom. The Hall–Kier alpha value is -3.84. The molecule has 7 heteroatoms. The molecule has 39 heavy (non-hydrogen) atoms. The van der Waals surface area contributed by atoms with Crippen LogP contribution in [0.5, 0.6) is 0 Å². The Kier molecular flexibility index (Phi) is 8.60. The lowest BCUT2D eigenvalue weighted by Gasteiger charge is -2.31. The van der Waals surface area contributed by atoms with Crippen LogP contribution in [-0.2, 0) is 30.6 Å². The molecule has 1 amide bonds. The fourth-order valence-electron chi connectivity index (χ4n) is 5.75. The molecular weight excluding hydrogens is 488 g/mol. The van der Waals surface area contributed by atoms with Crippen molar-refractivity contribution < 1.29 is 14.7 Å². The lowest BCUT2D eigenvalue weighted by Crippen LogP contribution is -2.37. The fourth-order valence-corrected chi connectivity index (χ4v) is 5.75. The lowest BCUT2D eigenvalue weighted by molar-refractivity contribution is -0.137. The van der Waals surface area contributed by atoms with E-state index in [4.69, 9.17) is 11.6 Å². The summed E-state index contributed by atoms with van der Waals surface area (Å²) in [4.78, 5) is 27.7. The number of carbonyl (C=O) groups excluding carboxylic acids is 1. The summed E-state index contributed by atoms with van der Waals surface area (Å²) >= 11 is 0. The summed E-state index contributed by atoms with van der Waals surface area (Å²) in [7, 11) is 0. The van der Waals surface area contributed by atoms with Crippen LogP contribution in [0, 0.1) is 6.92 Å². The molecule has 0 spiro atoms. The molecule has 0 bridgehead atoms. The molecule has 206 valence electrons. The lowest BCUT2D eigenvalue weighted by atomic mass is 9.83. The second-order valence-corrected chi connectivity index (χ2v) is 10.3. The molecule has 1 unspecified atom stereocenters. The van der Waals surface area contributed by atoms with Crippen molar-refractivity contribution in [1.29, 1.82) is 0 Å². The second-order valence-electron chi connectivity index (χ2n) is 10.3. The van der Waals surface area contributed by atoms with Gasteiger partial charge in [-0.2, -0.15) is 0 Å². The molecule has 0 fully saturated rings. The van der Waals surface area contributed by atoms with E-state index in [1.165, 1.54) is 5.56 Å². The molecule has 0 aromatic heterocycles. The number of nitrogens with two attached hydrogens (primary N) is 2. The van der Waals surface area contributed by atoms with Crippen molar-refractivity contribution in [2.24, 2.45) is 5.84 Å². The van der Waals surface area contributed by atoms with Crippen molar-refractivity contribution in [2.45, 2.75) is 65.8 Å². The summed E-state index contributed by atoms with van der Waals surface area (Å²) in [6, 6.07) is 16.1. The van der Waals surface area contributed by atoms with Gasteiger partial charge in [-0.25, -0.2) is 5.84 Å². The predicted octanol–water partition coefficient (Wildman–Crippen LogP) is 5.21. The molecule has 7 nitrogen and oxygen atoms in total. The zero-order valence-electron chi connectivity index (χ0n) is 23.5. The van der Waals surface area contributed by atoms with Crippen LogP contribution in [0.3, 0.4) is 0 Å². The monoisotopic (exact) mass is 528 g/mol. The Balaban J connectivity index is 1.70. The standard InChI is InChI=1S/C32H40N4O3/c1-5-21-9-8-10-22(6-2)30(21)32(39)35-16-15-23-11-12-24(17-25(23)19-35)27(18-29(37)38)26-13-14-28(36(34)7-3)31(33)20(26)4/h8-14,17,27H,5-7,15-16,18-19,33-34H2,1-4H3,(H,37,38). The number of rotatable bonds is 9. The Morgan fingerprint density at radius 2 is 1.72 bits per heavy atom. The molecular formula is C32H40N4O3. The van der Waals surface area contributed by atoms with Gasteiger partial charge in [-0.15, -0.1) is 0 Å². The van der Waals surface area contributed by atoms with E-state index < -0.39 is 5.97 Å². The number of benzene rings is 3. The number of amides is 1. The molecule has 1 aliphatic heterocycles. The van der Waals surface area contributed by atoms with Crippen molar-refractivity contribution in [3.63, 3.8) is 0 Å². The van der Waals surface area contributed by atoms with Gasteiger partial charge in [0.05, 0.1) is 17.8 Å². The number of carbonyl (C=O) groups is 2. The zero-order chi connectivity index (χ0) is 28.3. The number of hydrogen-bond donors (Lipinski definition) is 3. The highest BCUT2D eigenvalue weighted by atomic mass is 16.4. The molecule has 0 saturated heterocycles. The Morgan fingerprint density at radius 3 is 2.33 bits per heavy atom. The first-order chi connectivity index (χ1) is 18.7. The molecule has 5 N–H and O–H groups in total. The van der Waals surface area contributed by atoms with E-state index in [1.807, 2.05) is 55.1 Å². The number of nitrogens with zero attached hydrogens (tertiary/aromatic N) is 2. The maximum atomic E-state index is 13.8. The number of carboxylic acids is 1. The van der Waals surface area contributed by atoms with Crippen LogP contribution in [0.4, 0.5) is 11.4 Å². The minimum atomic E-state index is -0.881. The average molecular weight is 529 g/mol. The summed E-state index contributed by atoms with van der Waals surface area (Å²) in [6.45, 7) is 9.80. The van der Waals surface area contributed by atoms with Gasteiger partial charge in [-0.1, -0.05) is 56.3 Å². The Bertz CT molecular complexity index is 1360. The first kappa shape index (κ1) is 28.2. The third kappa shape index (κ3) is 5.64. The van der Waals surface area contributed by atoms with Gasteiger partial charge >= 0.3 is 5.97 Å². The average Bonchev–Trinajstić information content (AvgIpc) is 2.95. The number of nitrogen functional groups attached to an aromatic ring is 1. The van der Waals surface area contributed by atoms with Crippen LogP contribution in [-0.4, -0.2) is 35.0 Å². The van der Waals surface area contributed by atoms with E-state index in [2.05, 4.69) is 26.0 Å². The predicted molar refractivity (Wildman–Crippen MR) is 157 cm³/mol. The van der Waals surface area contributed by atoms with E-state index in [0.717, 1.165) is 63.9 Å². The SMILES string of the molecule is CCc1cccc(CC)c1C(=O)N1CCc2ccc(C(CC(=O)O)c3ccc(N(N)CC)c(N)c3C)cc2C1. The van der Waals surface area contributed by atoms with Gasteiger partial charge in [0, 0.05) is 31.1 Å². The normalized spacial score (nSPS) is 13.6. The Labute approximate surface area is 231 Å². The van der Waals surface area contributed by atoms with Crippen LogP contribution < -0.4 is 16.6 Å². The quantitative estimate of drug-likeness (QED) is 0.200. The minimum Gasteiger partial charge on any atom is -0.481 e. The van der Waals surface area contributed by atoms with Gasteiger partial charge in [-0.05, 0) is 78.1 Å². The molecule has 3 aromatic carbocycles. The van der Waals surface area contributed by atoms with E-state index in [-0.39, 0.29) is 18.2 Å². The highest BCUT2D eigenvalue weighted by molar-refractivity contribution is 5.97. The number of hydrazine groups is 1. The molecule has 0 saturated carbocycles. The largest absolute Gasteiger partial charge is 0.481 e. The number of aliphatic carboxylic acids is 1. The van der Waals surface area contributed by atoms with Gasteiger partial charge in [-0.3, -0.25) is 9.59 Å². The number of anilines is 2. The summed E-state index contributed by atoms with van der Waals surface area (Å²) in [5.41, 5.74) is 15.6. The maximum Gasteiger partial charge on any atom is 0.304 e. The summed E-state index contributed by atoms with van der Waals surface area (Å²) in [5.74, 6) is 4.91. The third-order valence-electron chi connectivity index (χ3n) is 8.08. The van der Waals surface area contributed by atoms with E-state index >= 15 is 0 Å². The van der Waals surface area contributed by atoms with Crippen LogP contribution in [0.2, 0.25) is 0 Å². The molecule has 0 aliphatic carbocycles. The highest BCUT2D eigenvalue weighted by Gasteiger charge is 2.27. The molecule has 1 aliphatic rings. The number of fused-ring (bicyclic) bond motifs is 1. The van der Waals surface area contributed by atoms with Crippen molar-refractivity contribution in [1.82, 2.24) is 4.90 Å². The van der Waals surface area contributed by atoms with Gasteiger partial charge in [0.15, 0.2) is 0 Å². The minimum absolute atomic E-state index is 0.0646. The van der Waals surface area contributed by atoms with Crippen molar-refractivity contribution in [3.8, 4) is 0 Å². The summed E-state index contributed by atoms with van der Waals surface area (Å²) in [6.07, 6.45) is 2.32. The maximum absolute atomic E-state index is 13.8. The topological polar surface area (TPSA) is 113 Å². The first-order valence-corrected chi connectivity index (χ1v) is 13.8. The van der Waals surface area contributed by atoms with Gasteiger partial charge in [0.2, 0.25) is 0 Å². The number of aryl methyl sites for hydroxylation is 2. The molecule has 1 heterocycles. The van der Waals surface area contributed by atoms with Gasteiger partial charge in [0.1, 0.15) is 0 Å². The second kappa shape index (κ2) is 11.9. The van der Waals surface area contributed by atoms with Crippen LogP contribution >= 0.6 is 0 Å². The van der Waals surface area contributed by atoms with Crippen LogP contribution in [0.1, 0.15) is 82.4 Å². The fraction of sp³-hybridized carbons (Fsp3) is 0.375. The van der Waals surface area contributed by atoms with E-state index in [9.17, 15) is 14.7 Å². The van der Waals surface area contributed by atoms with Gasteiger partial charge < -0.3 is 20.7 Å². The molecule has 1 atom stereocenters. The summed E-state index contributed by atoms with van der Waals surface area (Å²) < 4.78 is 0. The molecule has 4 rings (SSSR count). The van der Waals surface area contributed by atoms with Crippen LogP contribution in [0.15, 0.2) is 48.5 Å². The van der Waals surface area contributed by atoms with E-state index in [0.29, 0.717) is 25.3 Å². The first-order valence-electron chi connectivity index (χ1n) is 13.8. The van der Waals surface area contributed by atoms with Crippen molar-refractivity contribution in [3.05, 3.63) is 93.0 Å². The highest BCUT2D eigenvalue weighted by Crippen LogP contribution is 2.37. The smallest absolute Gasteiger partial charge is 0.304 e. The molecule has 3 aromatic rings. The van der Waals surface area contributed by atoms with Crippen molar-refractivity contribution in [2.75, 3.05) is 23.8 Å². The number of carboxylic acid groups (broad SMARTS) is 1. The van der Waals surface area contributed by atoms with Gasteiger partial charge in [0.25, 0.3) is 5.91 Å². The third-order valence-corrected chi connectivity index (χ3v) is 8.08. The number of hydrogen-bond acceptors (Lipinski definition) is 5. The van der Waals surface area contributed by atoms with Crippen molar-refractivity contribution >= 4 is 23.3 Å². The van der Waals surface area contributed by atoms with Crippen LogP contribution in [0.25, 0.3) is 0 Å². The molecule has 0 radical (unpaired) electrons. The van der Waals surface area contributed by atoms with E-state index in [1.54, 1.807) is 5.01 Å². The summed E-state index contributed by atoms with van der Waals surface area (Å²) in [5, 5.41) is 11.4.